The van der Waals surface area contributed by atoms with Crippen molar-refractivity contribution in [3.8, 4) is 0 Å². The minimum Gasteiger partial charge on any atom is -0.333 e. The van der Waals surface area contributed by atoms with Crippen molar-refractivity contribution in [2.75, 3.05) is 24.5 Å². The first-order valence-electron chi connectivity index (χ1n) is 8.87. The van der Waals surface area contributed by atoms with E-state index in [2.05, 4.69) is 33.0 Å². The zero-order chi connectivity index (χ0) is 18.6. The Bertz CT molecular complexity index is 608. The van der Waals surface area contributed by atoms with Crippen LogP contribution in [0.2, 0.25) is 0 Å². The predicted octanol–water partition coefficient (Wildman–Crippen LogP) is 3.25. The molecule has 2 rings (SSSR count). The first kappa shape index (κ1) is 19.2. The summed E-state index contributed by atoms with van der Waals surface area (Å²) < 4.78 is 13.4. The molecule has 1 heterocycles. The first-order valence-corrected chi connectivity index (χ1v) is 8.87. The lowest BCUT2D eigenvalue weighted by molar-refractivity contribution is -0.117. The lowest BCUT2D eigenvalue weighted by Crippen LogP contribution is -2.48. The van der Waals surface area contributed by atoms with Crippen LogP contribution in [0.5, 0.6) is 0 Å². The molecule has 6 heteroatoms. The first-order chi connectivity index (χ1) is 11.8. The Morgan fingerprint density at radius 3 is 2.48 bits per heavy atom. The molecule has 138 valence electrons. The summed E-state index contributed by atoms with van der Waals surface area (Å²) in [5, 5.41) is 2.97. The van der Waals surface area contributed by atoms with Gasteiger partial charge in [0.2, 0.25) is 5.91 Å². The van der Waals surface area contributed by atoms with Crippen molar-refractivity contribution >= 4 is 17.6 Å². The fourth-order valence-electron chi connectivity index (χ4n) is 3.09. The Morgan fingerprint density at radius 2 is 1.92 bits per heavy atom. The molecule has 1 aliphatic rings. The van der Waals surface area contributed by atoms with Gasteiger partial charge in [0.15, 0.2) is 0 Å². The molecule has 1 aromatic rings. The van der Waals surface area contributed by atoms with Gasteiger partial charge in [-0.2, -0.15) is 0 Å². The van der Waals surface area contributed by atoms with Crippen LogP contribution in [-0.4, -0.2) is 42.5 Å². The monoisotopic (exact) mass is 349 g/mol. The Balaban J connectivity index is 2.00. The maximum atomic E-state index is 13.4. The molecule has 1 atom stereocenters. The predicted molar refractivity (Wildman–Crippen MR) is 96.9 cm³/mol. The molecule has 1 N–H and O–H groups in total. The van der Waals surface area contributed by atoms with Gasteiger partial charge in [-0.05, 0) is 30.0 Å². The van der Waals surface area contributed by atoms with E-state index in [-0.39, 0.29) is 30.2 Å². The van der Waals surface area contributed by atoms with Crippen molar-refractivity contribution in [1.29, 1.82) is 0 Å². The lowest BCUT2D eigenvalue weighted by Gasteiger charge is -2.28. The van der Waals surface area contributed by atoms with Crippen molar-refractivity contribution in [2.24, 2.45) is 11.8 Å². The van der Waals surface area contributed by atoms with Gasteiger partial charge < -0.3 is 15.1 Å². The number of urea groups is 1. The average molecular weight is 349 g/mol. The molecule has 25 heavy (non-hydrogen) atoms. The fraction of sp³-hybridized carbons (Fsp3) is 0.579. The summed E-state index contributed by atoms with van der Waals surface area (Å²) in [7, 11) is 0. The Kier molecular flexibility index (Phi) is 6.39. The molecular formula is C19H28FN3O2. The molecule has 0 aromatic heterocycles. The molecule has 0 bridgehead atoms. The average Bonchev–Trinajstić information content (AvgIpc) is 2.86. The number of benzene rings is 1. The van der Waals surface area contributed by atoms with E-state index in [0.717, 1.165) is 0 Å². The highest BCUT2D eigenvalue weighted by Gasteiger charge is 2.32. The van der Waals surface area contributed by atoms with Crippen LogP contribution in [0.25, 0.3) is 0 Å². The van der Waals surface area contributed by atoms with Crippen LogP contribution in [0.4, 0.5) is 14.9 Å². The second kappa shape index (κ2) is 8.32. The van der Waals surface area contributed by atoms with Crippen LogP contribution in [0.3, 0.4) is 0 Å². The summed E-state index contributed by atoms with van der Waals surface area (Å²) >= 11 is 0. The quantitative estimate of drug-likeness (QED) is 0.857. The van der Waals surface area contributed by atoms with E-state index in [1.54, 1.807) is 12.1 Å². The largest absolute Gasteiger partial charge is 0.333 e. The highest BCUT2D eigenvalue weighted by molar-refractivity contribution is 5.96. The molecule has 0 aliphatic carbocycles. The van der Waals surface area contributed by atoms with Gasteiger partial charge in [0, 0.05) is 31.7 Å². The summed E-state index contributed by atoms with van der Waals surface area (Å²) in [6.07, 6.45) is 0.236. The number of nitrogens with zero attached hydrogens (tertiary/aromatic N) is 2. The third-order valence-electron chi connectivity index (χ3n) is 4.03. The Labute approximate surface area is 149 Å². The van der Waals surface area contributed by atoms with E-state index in [1.165, 1.54) is 17.0 Å². The van der Waals surface area contributed by atoms with Gasteiger partial charge in [0.1, 0.15) is 5.82 Å². The summed E-state index contributed by atoms with van der Waals surface area (Å²) in [5.41, 5.74) is 0.531. The molecule has 1 unspecified atom stereocenters. The van der Waals surface area contributed by atoms with Gasteiger partial charge in [-0.3, -0.25) is 4.79 Å². The van der Waals surface area contributed by atoms with Crippen molar-refractivity contribution in [2.45, 2.75) is 40.2 Å². The van der Waals surface area contributed by atoms with E-state index in [9.17, 15) is 14.0 Å². The molecule has 1 aromatic carbocycles. The number of hydrogen-bond donors (Lipinski definition) is 1. The fourth-order valence-corrected chi connectivity index (χ4v) is 3.09. The molecule has 3 amide bonds. The highest BCUT2D eigenvalue weighted by atomic mass is 19.1. The maximum absolute atomic E-state index is 13.4. The van der Waals surface area contributed by atoms with Crippen molar-refractivity contribution in [3.05, 3.63) is 30.1 Å². The Morgan fingerprint density at radius 1 is 1.28 bits per heavy atom. The van der Waals surface area contributed by atoms with Crippen molar-refractivity contribution < 1.29 is 14.0 Å². The number of hydrogen-bond acceptors (Lipinski definition) is 2. The van der Waals surface area contributed by atoms with E-state index in [0.29, 0.717) is 37.2 Å². The van der Waals surface area contributed by atoms with Crippen LogP contribution in [0, 0.1) is 17.7 Å². The van der Waals surface area contributed by atoms with Crippen LogP contribution in [0.15, 0.2) is 24.3 Å². The number of amides is 3. The van der Waals surface area contributed by atoms with Crippen LogP contribution in [0.1, 0.15) is 34.1 Å². The maximum Gasteiger partial charge on any atom is 0.317 e. The van der Waals surface area contributed by atoms with E-state index < -0.39 is 0 Å². The van der Waals surface area contributed by atoms with E-state index in [1.807, 2.05) is 4.90 Å². The Hall–Kier alpha value is -2.11. The lowest BCUT2D eigenvalue weighted by atomic mass is 10.1. The van der Waals surface area contributed by atoms with Gasteiger partial charge in [-0.15, -0.1) is 0 Å². The molecule has 0 saturated carbocycles. The molecule has 1 saturated heterocycles. The highest BCUT2D eigenvalue weighted by Crippen LogP contribution is 2.22. The summed E-state index contributed by atoms with van der Waals surface area (Å²) in [6.45, 7) is 10.0. The minimum absolute atomic E-state index is 0.102. The topological polar surface area (TPSA) is 52.7 Å². The number of halogens is 1. The second-order valence-electron chi connectivity index (χ2n) is 7.53. The number of carbonyl (C=O) groups excluding carboxylic acids is 2. The van der Waals surface area contributed by atoms with Crippen molar-refractivity contribution in [3.63, 3.8) is 0 Å². The summed E-state index contributed by atoms with van der Waals surface area (Å²) in [5.74, 6) is 0.269. The molecule has 1 fully saturated rings. The minimum atomic E-state index is -0.377. The number of anilines is 1. The van der Waals surface area contributed by atoms with Gasteiger partial charge >= 0.3 is 6.03 Å². The standard InChI is InChI=1S/C19H28FN3O2/c1-13(2)10-22(11-14(3)4)19(25)21-16-9-18(24)23(12-16)17-7-5-6-15(20)8-17/h5-8,13-14,16H,9-12H2,1-4H3,(H,21,25). The number of rotatable bonds is 6. The van der Waals surface area contributed by atoms with Crippen molar-refractivity contribution in [1.82, 2.24) is 10.2 Å². The van der Waals surface area contributed by atoms with Gasteiger partial charge in [0.05, 0.1) is 6.04 Å². The van der Waals surface area contributed by atoms with Gasteiger partial charge in [0.25, 0.3) is 0 Å². The van der Waals surface area contributed by atoms with Crippen LogP contribution >= 0.6 is 0 Å². The van der Waals surface area contributed by atoms with E-state index >= 15 is 0 Å². The molecule has 0 radical (unpaired) electrons. The van der Waals surface area contributed by atoms with E-state index in [4.69, 9.17) is 0 Å². The normalized spacial score (nSPS) is 17.5. The van der Waals surface area contributed by atoms with Crippen LogP contribution in [-0.2, 0) is 4.79 Å². The van der Waals surface area contributed by atoms with Crippen LogP contribution < -0.4 is 10.2 Å². The zero-order valence-electron chi connectivity index (χ0n) is 15.5. The zero-order valence-corrected chi connectivity index (χ0v) is 15.5. The molecular weight excluding hydrogens is 321 g/mol. The molecule has 0 spiro atoms. The third kappa shape index (κ3) is 5.44. The number of nitrogens with one attached hydrogen (secondary N) is 1. The molecule has 5 nitrogen and oxygen atoms in total. The summed E-state index contributed by atoms with van der Waals surface area (Å²) in [4.78, 5) is 28.2. The molecule has 1 aliphatic heterocycles. The third-order valence-corrected chi connectivity index (χ3v) is 4.03. The number of carbonyl (C=O) groups is 2. The SMILES string of the molecule is CC(C)CN(CC(C)C)C(=O)NC1CC(=O)N(c2cccc(F)c2)C1. The second-order valence-corrected chi connectivity index (χ2v) is 7.53. The smallest absolute Gasteiger partial charge is 0.317 e. The van der Waals surface area contributed by atoms with Gasteiger partial charge in [-0.1, -0.05) is 33.8 Å². The summed E-state index contributed by atoms with van der Waals surface area (Å²) in [6, 6.07) is 5.57. The van der Waals surface area contributed by atoms with Gasteiger partial charge in [-0.25, -0.2) is 9.18 Å².